The first-order chi connectivity index (χ1) is 7.51. The van der Waals surface area contributed by atoms with Gasteiger partial charge in [-0.3, -0.25) is 0 Å². The molecule has 1 heterocycles. The number of rotatable bonds is 3. The van der Waals surface area contributed by atoms with Crippen LogP contribution in [0.5, 0.6) is 5.88 Å². The lowest BCUT2D eigenvalue weighted by Crippen LogP contribution is -2.06. The summed E-state index contributed by atoms with van der Waals surface area (Å²) in [4.78, 5) is 14.7. The maximum atomic E-state index is 12.4. The molecule has 0 fully saturated rings. The number of hydrogen-bond donors (Lipinski definition) is 0. The molecule has 1 rings (SSSR count). The highest BCUT2D eigenvalue weighted by molar-refractivity contribution is 6.34. The van der Waals surface area contributed by atoms with Gasteiger partial charge in [0, 0.05) is 0 Å². The van der Waals surface area contributed by atoms with Gasteiger partial charge in [-0.1, -0.05) is 11.6 Å². The van der Waals surface area contributed by atoms with E-state index in [1.165, 1.54) is 7.11 Å². The second-order valence-electron chi connectivity index (χ2n) is 2.71. The minimum Gasteiger partial charge on any atom is -0.480 e. The number of carbonyl (C=O) groups excluding carboxylic acids is 1. The van der Waals surface area contributed by atoms with E-state index in [0.717, 1.165) is 13.2 Å². The minimum atomic E-state index is -2.82. The van der Waals surface area contributed by atoms with E-state index in [4.69, 9.17) is 11.6 Å². The Labute approximate surface area is 95.1 Å². The van der Waals surface area contributed by atoms with Gasteiger partial charge in [-0.05, 0) is 6.07 Å². The molecule has 0 bridgehead atoms. The van der Waals surface area contributed by atoms with E-state index in [-0.39, 0.29) is 16.5 Å². The molecule has 1 aromatic rings. The smallest absolute Gasteiger partial charge is 0.339 e. The zero-order valence-electron chi connectivity index (χ0n) is 8.46. The largest absolute Gasteiger partial charge is 0.480 e. The highest BCUT2D eigenvalue weighted by Crippen LogP contribution is 2.30. The number of nitrogens with zero attached hydrogens (tertiary/aromatic N) is 1. The molecule has 0 aliphatic rings. The fourth-order valence-electron chi connectivity index (χ4n) is 1.03. The predicted molar refractivity (Wildman–Crippen MR) is 52.1 cm³/mol. The van der Waals surface area contributed by atoms with E-state index in [2.05, 4.69) is 14.5 Å². The molecule has 0 saturated carbocycles. The SMILES string of the molecule is COC(=O)c1cc(C(F)F)nc(OC)c1Cl. The van der Waals surface area contributed by atoms with Crippen molar-refractivity contribution in [1.29, 1.82) is 0 Å². The van der Waals surface area contributed by atoms with Crippen molar-refractivity contribution in [3.05, 3.63) is 22.3 Å². The second-order valence-corrected chi connectivity index (χ2v) is 3.09. The van der Waals surface area contributed by atoms with Crippen molar-refractivity contribution in [3.63, 3.8) is 0 Å². The average Bonchev–Trinajstić information content (AvgIpc) is 2.28. The third-order valence-electron chi connectivity index (χ3n) is 1.77. The number of hydrogen-bond acceptors (Lipinski definition) is 4. The molecule has 16 heavy (non-hydrogen) atoms. The molecule has 0 amide bonds. The summed E-state index contributed by atoms with van der Waals surface area (Å²) >= 11 is 5.73. The summed E-state index contributed by atoms with van der Waals surface area (Å²) in [6.07, 6.45) is -2.82. The van der Waals surface area contributed by atoms with Crippen molar-refractivity contribution in [2.75, 3.05) is 14.2 Å². The van der Waals surface area contributed by atoms with Gasteiger partial charge in [-0.25, -0.2) is 18.6 Å². The summed E-state index contributed by atoms with van der Waals surface area (Å²) in [5.74, 6) is -1.06. The highest BCUT2D eigenvalue weighted by atomic mass is 35.5. The van der Waals surface area contributed by atoms with E-state index in [1.54, 1.807) is 0 Å². The molecule has 0 atom stereocenters. The maximum absolute atomic E-state index is 12.4. The van der Waals surface area contributed by atoms with Gasteiger partial charge in [0.25, 0.3) is 6.43 Å². The zero-order chi connectivity index (χ0) is 12.3. The Hall–Kier alpha value is -1.43. The van der Waals surface area contributed by atoms with E-state index >= 15 is 0 Å². The van der Waals surface area contributed by atoms with E-state index in [0.29, 0.717) is 0 Å². The lowest BCUT2D eigenvalue weighted by atomic mass is 10.2. The normalized spacial score (nSPS) is 10.4. The van der Waals surface area contributed by atoms with Crippen LogP contribution in [0.2, 0.25) is 5.02 Å². The molecular weight excluding hydrogens is 244 g/mol. The van der Waals surface area contributed by atoms with E-state index < -0.39 is 18.1 Å². The van der Waals surface area contributed by atoms with Gasteiger partial charge in [0.15, 0.2) is 0 Å². The number of ether oxygens (including phenoxy) is 2. The topological polar surface area (TPSA) is 48.4 Å². The third kappa shape index (κ3) is 2.38. The van der Waals surface area contributed by atoms with Crippen LogP contribution in [0.25, 0.3) is 0 Å². The molecule has 0 N–H and O–H groups in total. The van der Waals surface area contributed by atoms with Gasteiger partial charge < -0.3 is 9.47 Å². The lowest BCUT2D eigenvalue weighted by Gasteiger charge is -2.09. The summed E-state index contributed by atoms with van der Waals surface area (Å²) in [5, 5.41) is -0.154. The molecule has 0 aliphatic carbocycles. The molecule has 0 spiro atoms. The van der Waals surface area contributed by atoms with Crippen LogP contribution in [0.4, 0.5) is 8.78 Å². The Morgan fingerprint density at radius 2 is 2.12 bits per heavy atom. The van der Waals surface area contributed by atoms with Crippen LogP contribution < -0.4 is 4.74 Å². The average molecular weight is 252 g/mol. The molecule has 7 heteroatoms. The summed E-state index contributed by atoms with van der Waals surface area (Å²) in [6.45, 7) is 0. The van der Waals surface area contributed by atoms with Crippen molar-refractivity contribution in [3.8, 4) is 5.88 Å². The summed E-state index contributed by atoms with van der Waals surface area (Å²) < 4.78 is 34.0. The molecule has 0 aromatic carbocycles. The van der Waals surface area contributed by atoms with Gasteiger partial charge in [0.2, 0.25) is 5.88 Å². The van der Waals surface area contributed by atoms with Crippen LogP contribution in [0, 0.1) is 0 Å². The van der Waals surface area contributed by atoms with Crippen LogP contribution in [0.15, 0.2) is 6.07 Å². The Morgan fingerprint density at radius 1 is 1.50 bits per heavy atom. The fraction of sp³-hybridized carbons (Fsp3) is 0.333. The molecule has 88 valence electrons. The number of methoxy groups -OCH3 is 2. The maximum Gasteiger partial charge on any atom is 0.339 e. The first kappa shape index (κ1) is 12.6. The molecule has 0 radical (unpaired) electrons. The number of aromatic nitrogens is 1. The van der Waals surface area contributed by atoms with Crippen molar-refractivity contribution in [2.45, 2.75) is 6.43 Å². The second kappa shape index (κ2) is 5.07. The van der Waals surface area contributed by atoms with Crippen molar-refractivity contribution < 1.29 is 23.0 Å². The first-order valence-electron chi connectivity index (χ1n) is 4.12. The van der Waals surface area contributed by atoms with E-state index in [9.17, 15) is 13.6 Å². The summed E-state index contributed by atoms with van der Waals surface area (Å²) in [7, 11) is 2.33. The van der Waals surface area contributed by atoms with Gasteiger partial charge in [0.05, 0.1) is 19.8 Å². The molecule has 4 nitrogen and oxygen atoms in total. The van der Waals surface area contributed by atoms with Gasteiger partial charge in [-0.15, -0.1) is 0 Å². The zero-order valence-corrected chi connectivity index (χ0v) is 9.22. The molecular formula is C9H8ClF2NO3. The standard InChI is InChI=1S/C9H8ClF2NO3/c1-15-8-6(10)4(9(14)16-2)3-5(13-8)7(11)12/h3,7H,1-2H3. The van der Waals surface area contributed by atoms with Crippen LogP contribution in [0.1, 0.15) is 22.5 Å². The van der Waals surface area contributed by atoms with Crippen LogP contribution in [0.3, 0.4) is 0 Å². The van der Waals surface area contributed by atoms with Crippen LogP contribution >= 0.6 is 11.6 Å². The van der Waals surface area contributed by atoms with Gasteiger partial charge in [-0.2, -0.15) is 0 Å². The minimum absolute atomic E-state index is 0.154. The van der Waals surface area contributed by atoms with Crippen LogP contribution in [-0.4, -0.2) is 25.2 Å². The molecule has 1 aromatic heterocycles. The number of esters is 1. The van der Waals surface area contributed by atoms with E-state index in [1.807, 2.05) is 0 Å². The lowest BCUT2D eigenvalue weighted by molar-refractivity contribution is 0.0599. The van der Waals surface area contributed by atoms with Crippen molar-refractivity contribution in [2.24, 2.45) is 0 Å². The van der Waals surface area contributed by atoms with Gasteiger partial charge in [0.1, 0.15) is 10.7 Å². The molecule has 0 saturated heterocycles. The quantitative estimate of drug-likeness (QED) is 0.775. The highest BCUT2D eigenvalue weighted by Gasteiger charge is 2.21. The van der Waals surface area contributed by atoms with Gasteiger partial charge >= 0.3 is 5.97 Å². The Bertz CT molecular complexity index is 412. The monoisotopic (exact) mass is 251 g/mol. The molecule has 0 unspecified atom stereocenters. The fourth-order valence-corrected chi connectivity index (χ4v) is 1.28. The molecule has 0 aliphatic heterocycles. The Balaban J connectivity index is 3.35. The van der Waals surface area contributed by atoms with Crippen molar-refractivity contribution >= 4 is 17.6 Å². The number of halogens is 3. The van der Waals surface area contributed by atoms with Crippen molar-refractivity contribution in [1.82, 2.24) is 4.98 Å². The van der Waals surface area contributed by atoms with Crippen LogP contribution in [-0.2, 0) is 4.74 Å². The summed E-state index contributed by atoms with van der Waals surface area (Å²) in [5.41, 5.74) is -0.798. The Morgan fingerprint density at radius 3 is 2.56 bits per heavy atom. The first-order valence-corrected chi connectivity index (χ1v) is 4.50. The number of alkyl halides is 2. The summed E-state index contributed by atoms with van der Waals surface area (Å²) in [6, 6.07) is 0.876. The Kier molecular flexibility index (Phi) is 4.00. The predicted octanol–water partition coefficient (Wildman–Crippen LogP) is 2.47. The number of carbonyl (C=O) groups is 1. The third-order valence-corrected chi connectivity index (χ3v) is 2.13. The number of pyridine rings is 1.